The monoisotopic (exact) mass is 257 g/mol. The zero-order chi connectivity index (χ0) is 14.0. The van der Waals surface area contributed by atoms with Gasteiger partial charge >= 0.3 is 0 Å². The summed E-state index contributed by atoms with van der Waals surface area (Å²) in [5.74, 6) is -0.158. The second-order valence-corrected chi connectivity index (χ2v) is 4.13. The van der Waals surface area contributed by atoms with Crippen molar-refractivity contribution in [2.45, 2.75) is 6.92 Å². The summed E-state index contributed by atoms with van der Waals surface area (Å²) in [4.78, 5) is 22.4. The molecule has 5 heteroatoms. The van der Waals surface area contributed by atoms with E-state index in [0.717, 1.165) is 0 Å². The van der Waals surface area contributed by atoms with E-state index >= 15 is 0 Å². The van der Waals surface area contributed by atoms with Gasteiger partial charge in [0, 0.05) is 22.8 Å². The molecule has 0 aliphatic heterocycles. The fourth-order valence-corrected chi connectivity index (χ4v) is 1.78. The average Bonchev–Trinajstić information content (AvgIpc) is 2.38. The first kappa shape index (κ1) is 12.8. The first-order chi connectivity index (χ1) is 8.99. The number of nitrogens with zero attached hydrogens (tertiary/aromatic N) is 1. The second-order valence-electron chi connectivity index (χ2n) is 4.13. The molecule has 1 N–H and O–H groups in total. The van der Waals surface area contributed by atoms with Crippen LogP contribution in [0.4, 0.5) is 5.69 Å². The smallest absolute Gasteiger partial charge is 0.272 e. The molecule has 0 saturated heterocycles. The minimum Gasteiger partial charge on any atom is -0.508 e. The third kappa shape index (κ3) is 2.60. The third-order valence-corrected chi connectivity index (χ3v) is 2.79. The van der Waals surface area contributed by atoms with Crippen molar-refractivity contribution in [3.8, 4) is 5.75 Å². The van der Waals surface area contributed by atoms with Crippen molar-refractivity contribution in [2.24, 2.45) is 0 Å². The summed E-state index contributed by atoms with van der Waals surface area (Å²) in [7, 11) is 0. The highest BCUT2D eigenvalue weighted by Crippen LogP contribution is 2.21. The molecule has 2 aromatic carbocycles. The highest BCUT2D eigenvalue weighted by Gasteiger charge is 2.14. The lowest BCUT2D eigenvalue weighted by Gasteiger charge is -2.03. The number of hydrogen-bond donors (Lipinski definition) is 1. The Bertz CT molecular complexity index is 647. The van der Waals surface area contributed by atoms with E-state index in [-0.39, 0.29) is 17.2 Å². The van der Waals surface area contributed by atoms with Crippen LogP contribution in [0.3, 0.4) is 0 Å². The largest absolute Gasteiger partial charge is 0.508 e. The van der Waals surface area contributed by atoms with E-state index in [1.165, 1.54) is 42.5 Å². The van der Waals surface area contributed by atoms with Crippen LogP contribution in [0.2, 0.25) is 0 Å². The van der Waals surface area contributed by atoms with Crippen LogP contribution >= 0.6 is 0 Å². The minimum absolute atomic E-state index is 0.0118. The van der Waals surface area contributed by atoms with Gasteiger partial charge in [-0.2, -0.15) is 0 Å². The number of carbonyl (C=O) groups is 1. The second kappa shape index (κ2) is 4.89. The van der Waals surface area contributed by atoms with Gasteiger partial charge in [-0.05, 0) is 43.3 Å². The summed E-state index contributed by atoms with van der Waals surface area (Å²) < 4.78 is 0. The number of phenols is 1. The summed E-state index contributed by atoms with van der Waals surface area (Å²) in [5, 5.41) is 19.9. The summed E-state index contributed by atoms with van der Waals surface area (Å²) in [6, 6.07) is 10.1. The number of hydrogen-bond acceptors (Lipinski definition) is 4. The van der Waals surface area contributed by atoms with Crippen LogP contribution in [0.1, 0.15) is 21.5 Å². The fourth-order valence-electron chi connectivity index (χ4n) is 1.78. The Morgan fingerprint density at radius 2 is 1.68 bits per heavy atom. The lowest BCUT2D eigenvalue weighted by Crippen LogP contribution is -2.02. The van der Waals surface area contributed by atoms with Crippen LogP contribution < -0.4 is 0 Å². The topological polar surface area (TPSA) is 80.4 Å². The molecule has 0 spiro atoms. The van der Waals surface area contributed by atoms with Crippen molar-refractivity contribution in [3.63, 3.8) is 0 Å². The van der Waals surface area contributed by atoms with Gasteiger partial charge in [0.1, 0.15) is 5.75 Å². The Balaban J connectivity index is 2.37. The maximum Gasteiger partial charge on any atom is 0.272 e. The molecule has 2 rings (SSSR count). The lowest BCUT2D eigenvalue weighted by atomic mass is 10.0. The van der Waals surface area contributed by atoms with Gasteiger partial charge in [-0.3, -0.25) is 14.9 Å². The molecular weight excluding hydrogens is 246 g/mol. The van der Waals surface area contributed by atoms with Crippen LogP contribution in [-0.4, -0.2) is 15.8 Å². The standard InChI is InChI=1S/C14H11NO4/c1-9-8-11(4-7-13(9)15(18)19)14(17)10-2-5-12(16)6-3-10/h2-8,16H,1H3. The van der Waals surface area contributed by atoms with E-state index in [1.807, 2.05) is 0 Å². The molecule has 0 heterocycles. The summed E-state index contributed by atoms with van der Waals surface area (Å²) in [6.07, 6.45) is 0. The predicted molar refractivity (Wildman–Crippen MR) is 69.4 cm³/mol. The Labute approximate surface area is 109 Å². The number of nitro benzene ring substituents is 1. The van der Waals surface area contributed by atoms with Crippen molar-refractivity contribution in [2.75, 3.05) is 0 Å². The molecular formula is C14H11NO4. The van der Waals surface area contributed by atoms with E-state index in [2.05, 4.69) is 0 Å². The quantitative estimate of drug-likeness (QED) is 0.520. The Kier molecular flexibility index (Phi) is 3.29. The van der Waals surface area contributed by atoms with Gasteiger partial charge in [-0.15, -0.1) is 0 Å². The van der Waals surface area contributed by atoms with Gasteiger partial charge < -0.3 is 5.11 Å². The molecule has 19 heavy (non-hydrogen) atoms. The molecule has 0 amide bonds. The maximum absolute atomic E-state index is 12.1. The van der Waals surface area contributed by atoms with Crippen molar-refractivity contribution in [3.05, 3.63) is 69.3 Å². The SMILES string of the molecule is Cc1cc(C(=O)c2ccc(O)cc2)ccc1[N+](=O)[O-]. The van der Waals surface area contributed by atoms with Crippen LogP contribution in [0.25, 0.3) is 0 Å². The lowest BCUT2D eigenvalue weighted by molar-refractivity contribution is -0.385. The Morgan fingerprint density at radius 1 is 1.11 bits per heavy atom. The van der Waals surface area contributed by atoms with Crippen molar-refractivity contribution in [1.82, 2.24) is 0 Å². The Hall–Kier alpha value is -2.69. The van der Waals surface area contributed by atoms with Crippen molar-refractivity contribution in [1.29, 1.82) is 0 Å². The molecule has 0 aliphatic carbocycles. The highest BCUT2D eigenvalue weighted by molar-refractivity contribution is 6.09. The number of rotatable bonds is 3. The molecule has 0 atom stereocenters. The van der Waals surface area contributed by atoms with E-state index in [4.69, 9.17) is 5.11 Å². The van der Waals surface area contributed by atoms with E-state index in [0.29, 0.717) is 16.7 Å². The first-order valence-corrected chi connectivity index (χ1v) is 5.58. The van der Waals surface area contributed by atoms with E-state index in [9.17, 15) is 14.9 Å². The Morgan fingerprint density at radius 3 is 2.21 bits per heavy atom. The first-order valence-electron chi connectivity index (χ1n) is 5.58. The average molecular weight is 257 g/mol. The van der Waals surface area contributed by atoms with Crippen LogP contribution in [0, 0.1) is 17.0 Å². The molecule has 0 aromatic heterocycles. The normalized spacial score (nSPS) is 10.2. The summed E-state index contributed by atoms with van der Waals surface area (Å²) >= 11 is 0. The fraction of sp³-hybridized carbons (Fsp3) is 0.0714. The van der Waals surface area contributed by atoms with Gasteiger partial charge in [-0.1, -0.05) is 0 Å². The van der Waals surface area contributed by atoms with Crippen molar-refractivity contribution < 1.29 is 14.8 Å². The predicted octanol–water partition coefficient (Wildman–Crippen LogP) is 2.84. The molecule has 0 aliphatic rings. The number of aryl methyl sites for hydroxylation is 1. The van der Waals surface area contributed by atoms with Gasteiger partial charge in [0.05, 0.1) is 4.92 Å². The number of carbonyl (C=O) groups excluding carboxylic acids is 1. The number of nitro groups is 1. The van der Waals surface area contributed by atoms with Gasteiger partial charge in [-0.25, -0.2) is 0 Å². The molecule has 96 valence electrons. The summed E-state index contributed by atoms with van der Waals surface area (Å²) in [5.41, 5.74) is 1.23. The number of aromatic hydroxyl groups is 1. The van der Waals surface area contributed by atoms with E-state index in [1.54, 1.807) is 6.92 Å². The van der Waals surface area contributed by atoms with E-state index < -0.39 is 4.92 Å². The summed E-state index contributed by atoms with van der Waals surface area (Å²) in [6.45, 7) is 1.59. The van der Waals surface area contributed by atoms with Gasteiger partial charge in [0.2, 0.25) is 0 Å². The van der Waals surface area contributed by atoms with Gasteiger partial charge in [0.25, 0.3) is 5.69 Å². The number of phenolic OH excluding ortho intramolecular Hbond substituents is 1. The molecule has 0 radical (unpaired) electrons. The maximum atomic E-state index is 12.1. The number of benzene rings is 2. The minimum atomic E-state index is -0.482. The molecule has 5 nitrogen and oxygen atoms in total. The third-order valence-electron chi connectivity index (χ3n) is 2.79. The van der Waals surface area contributed by atoms with Gasteiger partial charge in [0.15, 0.2) is 5.78 Å². The molecule has 2 aromatic rings. The molecule has 0 unspecified atom stereocenters. The number of ketones is 1. The van der Waals surface area contributed by atoms with Crippen molar-refractivity contribution >= 4 is 11.5 Å². The van der Waals surface area contributed by atoms with Crippen LogP contribution in [-0.2, 0) is 0 Å². The molecule has 0 bridgehead atoms. The molecule has 0 saturated carbocycles. The zero-order valence-corrected chi connectivity index (χ0v) is 10.2. The highest BCUT2D eigenvalue weighted by atomic mass is 16.6. The van der Waals surface area contributed by atoms with Crippen LogP contribution in [0.5, 0.6) is 5.75 Å². The molecule has 0 fully saturated rings. The van der Waals surface area contributed by atoms with Crippen LogP contribution in [0.15, 0.2) is 42.5 Å². The zero-order valence-electron chi connectivity index (χ0n) is 10.2.